The Morgan fingerprint density at radius 2 is 2.16 bits per heavy atom. The number of carbonyl (C=O) groups is 1. The minimum atomic E-state index is -0.0488. The summed E-state index contributed by atoms with van der Waals surface area (Å²) in [5.41, 5.74) is 5.30. The summed E-state index contributed by atoms with van der Waals surface area (Å²) in [7, 11) is 0. The van der Waals surface area contributed by atoms with Gasteiger partial charge in [0.2, 0.25) is 11.6 Å². The summed E-state index contributed by atoms with van der Waals surface area (Å²) in [6.45, 7) is 8.26. The number of nitrogens with one attached hydrogen (secondary N) is 2. The second kappa shape index (κ2) is 8.30. The number of aryl methyl sites for hydroxylation is 3. The number of carbonyl (C=O) groups excluding carboxylic acids is 1. The number of piperidine rings is 1. The molecule has 32 heavy (non-hydrogen) atoms. The zero-order valence-corrected chi connectivity index (χ0v) is 18.9. The Balaban J connectivity index is 1.25. The highest BCUT2D eigenvalue weighted by atomic mass is 16.3. The van der Waals surface area contributed by atoms with Gasteiger partial charge in [0.25, 0.3) is 0 Å². The Kier molecular flexibility index (Phi) is 5.33. The Bertz CT molecular complexity index is 1290. The fourth-order valence-corrected chi connectivity index (χ4v) is 4.75. The van der Waals surface area contributed by atoms with Crippen molar-refractivity contribution >= 4 is 33.7 Å². The molecule has 7 nitrogen and oxygen atoms in total. The van der Waals surface area contributed by atoms with Crippen LogP contribution < -0.4 is 10.2 Å². The van der Waals surface area contributed by atoms with Crippen LogP contribution in [-0.4, -0.2) is 40.5 Å². The van der Waals surface area contributed by atoms with Gasteiger partial charge >= 0.3 is 0 Å². The van der Waals surface area contributed by atoms with Crippen molar-refractivity contribution in [3.05, 3.63) is 53.2 Å². The van der Waals surface area contributed by atoms with Gasteiger partial charge in [0.15, 0.2) is 0 Å². The number of aromatic amines is 1. The molecule has 1 aliphatic heterocycles. The molecule has 5 rings (SSSR count). The van der Waals surface area contributed by atoms with E-state index in [1.54, 1.807) is 6.33 Å². The molecule has 1 atom stereocenters. The van der Waals surface area contributed by atoms with Crippen molar-refractivity contribution in [2.75, 3.05) is 24.5 Å². The smallest absolute Gasteiger partial charge is 0.231 e. The summed E-state index contributed by atoms with van der Waals surface area (Å²) in [6, 6.07) is 6.41. The standard InChI is InChI=1S/C25H29N5O2/c1-15-6-7-21-20(11-15)18(12-27-21)8-9-26-24(31)19-5-4-10-30(13-19)23-22-16(2)17(3)32-25(22)29-14-28-23/h6-7,11-12,14,19,27H,4-5,8-10,13H2,1-3H3,(H,26,31). The van der Waals surface area contributed by atoms with E-state index in [2.05, 4.69) is 50.3 Å². The summed E-state index contributed by atoms with van der Waals surface area (Å²) >= 11 is 0. The maximum atomic E-state index is 13.0. The van der Waals surface area contributed by atoms with Crippen molar-refractivity contribution in [3.8, 4) is 0 Å². The maximum absolute atomic E-state index is 13.0. The van der Waals surface area contributed by atoms with E-state index in [0.717, 1.165) is 53.9 Å². The number of nitrogens with zero attached hydrogens (tertiary/aromatic N) is 3. The summed E-state index contributed by atoms with van der Waals surface area (Å²) in [5, 5.41) is 5.36. The van der Waals surface area contributed by atoms with E-state index < -0.39 is 0 Å². The lowest BCUT2D eigenvalue weighted by Crippen LogP contribution is -2.43. The first kappa shape index (κ1) is 20.5. The predicted molar refractivity (Wildman–Crippen MR) is 126 cm³/mol. The second-order valence-electron chi connectivity index (χ2n) is 8.85. The van der Waals surface area contributed by atoms with Crippen molar-refractivity contribution in [2.45, 2.75) is 40.0 Å². The average Bonchev–Trinajstić information content (AvgIpc) is 3.33. The Hall–Kier alpha value is -3.35. The molecule has 0 spiro atoms. The van der Waals surface area contributed by atoms with Crippen LogP contribution in [0.3, 0.4) is 0 Å². The molecule has 0 bridgehead atoms. The van der Waals surface area contributed by atoms with Gasteiger partial charge in [-0.05, 0) is 57.7 Å². The van der Waals surface area contributed by atoms with Crippen LogP contribution in [0.15, 0.2) is 35.1 Å². The minimum Gasteiger partial charge on any atom is -0.443 e. The molecule has 0 radical (unpaired) electrons. The molecule has 1 aliphatic rings. The molecule has 1 unspecified atom stereocenters. The van der Waals surface area contributed by atoms with Gasteiger partial charge in [-0.3, -0.25) is 4.79 Å². The summed E-state index contributed by atoms with van der Waals surface area (Å²) < 4.78 is 5.77. The molecule has 0 aliphatic carbocycles. The van der Waals surface area contributed by atoms with Gasteiger partial charge in [-0.25, -0.2) is 9.97 Å². The molecule has 3 aromatic heterocycles. The topological polar surface area (TPSA) is 87.0 Å². The average molecular weight is 432 g/mol. The lowest BCUT2D eigenvalue weighted by atomic mass is 9.96. The van der Waals surface area contributed by atoms with E-state index in [1.807, 2.05) is 20.0 Å². The van der Waals surface area contributed by atoms with Crippen LogP contribution in [-0.2, 0) is 11.2 Å². The Labute approximate surface area is 187 Å². The molecular formula is C25H29N5O2. The predicted octanol–water partition coefficient (Wildman–Crippen LogP) is 4.20. The number of anilines is 1. The Morgan fingerprint density at radius 1 is 1.28 bits per heavy atom. The molecule has 4 aromatic rings. The SMILES string of the molecule is Cc1ccc2[nH]cc(CCNC(=O)C3CCCN(c4ncnc5oc(C)c(C)c45)C3)c2c1. The first-order valence-electron chi connectivity index (χ1n) is 11.3. The number of amides is 1. The van der Waals surface area contributed by atoms with Crippen molar-refractivity contribution in [1.29, 1.82) is 0 Å². The van der Waals surface area contributed by atoms with Crippen molar-refractivity contribution < 1.29 is 9.21 Å². The van der Waals surface area contributed by atoms with Crippen molar-refractivity contribution in [1.82, 2.24) is 20.3 Å². The fourth-order valence-electron chi connectivity index (χ4n) is 4.75. The molecular weight excluding hydrogens is 402 g/mol. The zero-order chi connectivity index (χ0) is 22.2. The van der Waals surface area contributed by atoms with E-state index in [9.17, 15) is 4.79 Å². The van der Waals surface area contributed by atoms with Gasteiger partial charge in [-0.2, -0.15) is 0 Å². The van der Waals surface area contributed by atoms with Gasteiger partial charge < -0.3 is 19.6 Å². The number of aromatic nitrogens is 3. The highest BCUT2D eigenvalue weighted by molar-refractivity contribution is 5.90. The quantitative estimate of drug-likeness (QED) is 0.494. The Morgan fingerprint density at radius 3 is 3.03 bits per heavy atom. The van der Waals surface area contributed by atoms with E-state index in [0.29, 0.717) is 18.8 Å². The molecule has 4 heterocycles. The summed E-state index contributed by atoms with van der Waals surface area (Å²) in [6.07, 6.45) is 6.26. The third kappa shape index (κ3) is 3.72. The number of fused-ring (bicyclic) bond motifs is 2. The maximum Gasteiger partial charge on any atom is 0.231 e. The number of hydrogen-bond acceptors (Lipinski definition) is 5. The molecule has 1 fully saturated rings. The van der Waals surface area contributed by atoms with Crippen LogP contribution in [0.1, 0.15) is 35.3 Å². The highest BCUT2D eigenvalue weighted by Crippen LogP contribution is 2.32. The largest absolute Gasteiger partial charge is 0.443 e. The third-order valence-electron chi connectivity index (χ3n) is 6.65. The van der Waals surface area contributed by atoms with Gasteiger partial charge in [0.05, 0.1) is 11.3 Å². The summed E-state index contributed by atoms with van der Waals surface area (Å²) in [5.74, 6) is 1.81. The van der Waals surface area contributed by atoms with Crippen LogP contribution in [0.5, 0.6) is 0 Å². The normalized spacial score (nSPS) is 16.7. The third-order valence-corrected chi connectivity index (χ3v) is 6.65. The van der Waals surface area contributed by atoms with Gasteiger partial charge in [0, 0.05) is 42.3 Å². The lowest BCUT2D eigenvalue weighted by Gasteiger charge is -2.33. The lowest BCUT2D eigenvalue weighted by molar-refractivity contribution is -0.125. The molecule has 166 valence electrons. The highest BCUT2D eigenvalue weighted by Gasteiger charge is 2.28. The zero-order valence-electron chi connectivity index (χ0n) is 18.9. The van der Waals surface area contributed by atoms with Gasteiger partial charge in [-0.15, -0.1) is 0 Å². The van der Waals surface area contributed by atoms with Crippen molar-refractivity contribution in [2.24, 2.45) is 5.92 Å². The monoisotopic (exact) mass is 431 g/mol. The second-order valence-corrected chi connectivity index (χ2v) is 8.85. The molecule has 2 N–H and O–H groups in total. The molecule has 1 aromatic carbocycles. The van der Waals surface area contributed by atoms with Crippen LogP contribution in [0.25, 0.3) is 22.0 Å². The van der Waals surface area contributed by atoms with E-state index >= 15 is 0 Å². The number of benzene rings is 1. The van der Waals surface area contributed by atoms with Crippen molar-refractivity contribution in [3.63, 3.8) is 0 Å². The van der Waals surface area contributed by atoms with Crippen LogP contribution in [0.4, 0.5) is 5.82 Å². The minimum absolute atomic E-state index is 0.0488. The first-order valence-corrected chi connectivity index (χ1v) is 11.3. The molecule has 0 saturated carbocycles. The van der Waals surface area contributed by atoms with E-state index in [-0.39, 0.29) is 11.8 Å². The van der Waals surface area contributed by atoms with Gasteiger partial charge in [-0.1, -0.05) is 11.6 Å². The molecule has 1 amide bonds. The fraction of sp³-hybridized carbons (Fsp3) is 0.400. The van der Waals surface area contributed by atoms with Gasteiger partial charge in [0.1, 0.15) is 17.9 Å². The van der Waals surface area contributed by atoms with Crippen LogP contribution >= 0.6 is 0 Å². The molecule has 7 heteroatoms. The van der Waals surface area contributed by atoms with Crippen LogP contribution in [0.2, 0.25) is 0 Å². The van der Waals surface area contributed by atoms with E-state index in [1.165, 1.54) is 16.5 Å². The number of H-pyrrole nitrogens is 1. The number of rotatable bonds is 5. The first-order chi connectivity index (χ1) is 15.5. The summed E-state index contributed by atoms with van der Waals surface area (Å²) in [4.78, 5) is 27.3. The number of furan rings is 1. The van der Waals surface area contributed by atoms with E-state index in [4.69, 9.17) is 4.42 Å². The molecule has 1 saturated heterocycles. The number of hydrogen-bond donors (Lipinski definition) is 2. The van der Waals surface area contributed by atoms with Crippen LogP contribution in [0, 0.1) is 26.7 Å².